The standard InChI is InChI=1S/C25H16F7NO3.Na/c26-14-8-21(28)19(22(29)9-14)11-36-23-17(7-13(10-33-23)25(30,31)32)16-3-1-2-15(16)12-4-5-20(27)18(6-12)24(34)35;/h4-10H,1-3,11H2,(H,34,35);/q;+1/p-1. The zero-order valence-corrected chi connectivity index (χ0v) is 21.2. The Hall–Kier alpha value is -2.89. The Balaban J connectivity index is 0.00000380. The van der Waals surface area contributed by atoms with Gasteiger partial charge in [-0.3, -0.25) is 0 Å². The van der Waals surface area contributed by atoms with Crippen molar-refractivity contribution in [1.29, 1.82) is 0 Å². The summed E-state index contributed by atoms with van der Waals surface area (Å²) in [5.41, 5.74) is -1.60. The molecule has 0 saturated heterocycles. The number of alkyl halides is 3. The molecule has 0 atom stereocenters. The van der Waals surface area contributed by atoms with Crippen molar-refractivity contribution >= 4 is 17.1 Å². The third-order valence-electron chi connectivity index (χ3n) is 5.72. The molecule has 2 aromatic carbocycles. The Morgan fingerprint density at radius 1 is 0.946 bits per heavy atom. The molecule has 0 bridgehead atoms. The molecule has 1 aromatic heterocycles. The van der Waals surface area contributed by atoms with Crippen molar-refractivity contribution in [3.8, 4) is 5.88 Å². The fourth-order valence-electron chi connectivity index (χ4n) is 4.02. The number of hydrogen-bond acceptors (Lipinski definition) is 4. The minimum absolute atomic E-state index is 0. The molecular formula is C25H15F7NNaO3. The number of carbonyl (C=O) groups is 1. The molecule has 0 N–H and O–H groups in total. The normalized spacial score (nSPS) is 13.5. The first-order valence-corrected chi connectivity index (χ1v) is 10.5. The average Bonchev–Trinajstić information content (AvgIpc) is 3.27. The van der Waals surface area contributed by atoms with E-state index in [1.165, 1.54) is 6.07 Å². The molecule has 0 unspecified atom stereocenters. The second-order valence-corrected chi connectivity index (χ2v) is 8.00. The van der Waals surface area contributed by atoms with Crippen molar-refractivity contribution in [3.63, 3.8) is 0 Å². The maximum Gasteiger partial charge on any atom is 1.00 e. The molecule has 0 saturated carbocycles. The van der Waals surface area contributed by atoms with Gasteiger partial charge < -0.3 is 14.6 Å². The molecule has 0 spiro atoms. The SMILES string of the molecule is O=C([O-])c1cc(C2=C(c3cc(C(F)(F)F)cnc3OCc3c(F)cc(F)cc3F)CCC2)ccc1F.[Na+]. The van der Waals surface area contributed by atoms with E-state index in [-0.39, 0.29) is 53.0 Å². The molecule has 0 radical (unpaired) electrons. The van der Waals surface area contributed by atoms with Crippen LogP contribution in [0.15, 0.2) is 42.6 Å². The van der Waals surface area contributed by atoms with E-state index in [9.17, 15) is 40.6 Å². The van der Waals surface area contributed by atoms with E-state index in [0.29, 0.717) is 42.3 Å². The molecule has 1 aliphatic carbocycles. The Kier molecular flexibility index (Phi) is 8.71. The summed E-state index contributed by atoms with van der Waals surface area (Å²) < 4.78 is 101. The molecular weight excluding hydrogens is 518 g/mol. The van der Waals surface area contributed by atoms with Crippen molar-refractivity contribution in [1.82, 2.24) is 4.98 Å². The minimum atomic E-state index is -4.77. The molecule has 4 rings (SSSR count). The summed E-state index contributed by atoms with van der Waals surface area (Å²) in [4.78, 5) is 14.9. The summed E-state index contributed by atoms with van der Waals surface area (Å²) in [6, 6.07) is 4.85. The monoisotopic (exact) mass is 533 g/mol. The number of allylic oxidation sites excluding steroid dienone is 2. The summed E-state index contributed by atoms with van der Waals surface area (Å²) >= 11 is 0. The Labute approximate surface area is 228 Å². The Morgan fingerprint density at radius 3 is 2.22 bits per heavy atom. The third-order valence-corrected chi connectivity index (χ3v) is 5.72. The Bertz CT molecular complexity index is 1370. The first kappa shape index (κ1) is 28.7. The van der Waals surface area contributed by atoms with Crippen LogP contribution in [-0.4, -0.2) is 11.0 Å². The molecule has 1 heterocycles. The third kappa shape index (κ3) is 6.16. The van der Waals surface area contributed by atoms with Crippen LogP contribution >= 0.6 is 0 Å². The first-order chi connectivity index (χ1) is 17.0. The fraction of sp³-hybridized carbons (Fsp3) is 0.200. The van der Waals surface area contributed by atoms with Gasteiger partial charge in [-0.05, 0) is 54.2 Å². The number of aromatic nitrogens is 1. The van der Waals surface area contributed by atoms with Crippen LogP contribution in [-0.2, 0) is 12.8 Å². The van der Waals surface area contributed by atoms with Gasteiger partial charge in [0.2, 0.25) is 5.88 Å². The number of ether oxygens (including phenoxy) is 1. The van der Waals surface area contributed by atoms with Crippen LogP contribution in [0.3, 0.4) is 0 Å². The van der Waals surface area contributed by atoms with E-state index in [4.69, 9.17) is 4.74 Å². The van der Waals surface area contributed by atoms with E-state index in [2.05, 4.69) is 4.98 Å². The van der Waals surface area contributed by atoms with Crippen LogP contribution in [0.2, 0.25) is 0 Å². The quantitative estimate of drug-likeness (QED) is 0.361. The van der Waals surface area contributed by atoms with Crippen LogP contribution in [0.25, 0.3) is 11.1 Å². The van der Waals surface area contributed by atoms with E-state index in [0.717, 1.165) is 18.2 Å². The number of carbonyl (C=O) groups excluding carboxylic acids is 1. The molecule has 3 aromatic rings. The molecule has 12 heteroatoms. The van der Waals surface area contributed by atoms with Crippen molar-refractivity contribution in [3.05, 3.63) is 93.7 Å². The molecule has 0 fully saturated rings. The number of benzene rings is 2. The van der Waals surface area contributed by atoms with E-state index >= 15 is 0 Å². The maximum atomic E-state index is 14.0. The van der Waals surface area contributed by atoms with Gasteiger partial charge in [0.15, 0.2) is 0 Å². The van der Waals surface area contributed by atoms with Gasteiger partial charge in [-0.15, -0.1) is 0 Å². The van der Waals surface area contributed by atoms with Crippen LogP contribution in [0.1, 0.15) is 51.9 Å². The van der Waals surface area contributed by atoms with Crippen molar-refractivity contribution in [2.75, 3.05) is 0 Å². The van der Waals surface area contributed by atoms with Gasteiger partial charge in [0, 0.05) is 29.5 Å². The van der Waals surface area contributed by atoms with Gasteiger partial charge >= 0.3 is 35.7 Å². The molecule has 4 nitrogen and oxygen atoms in total. The van der Waals surface area contributed by atoms with Crippen LogP contribution in [0, 0.1) is 23.3 Å². The zero-order valence-electron chi connectivity index (χ0n) is 19.2. The zero-order chi connectivity index (χ0) is 26.2. The van der Waals surface area contributed by atoms with Gasteiger partial charge in [-0.2, -0.15) is 13.2 Å². The second kappa shape index (κ2) is 11.2. The van der Waals surface area contributed by atoms with E-state index in [1.807, 2.05) is 0 Å². The largest absolute Gasteiger partial charge is 1.00 e. The predicted octanol–water partition coefficient (Wildman–Crippen LogP) is 2.70. The fourth-order valence-corrected chi connectivity index (χ4v) is 4.02. The molecule has 1 aliphatic rings. The summed E-state index contributed by atoms with van der Waals surface area (Å²) in [6.45, 7) is -0.794. The molecule has 0 amide bonds. The number of carboxylic acid groups (broad SMARTS) is 1. The van der Waals surface area contributed by atoms with Gasteiger partial charge in [0.25, 0.3) is 0 Å². The topological polar surface area (TPSA) is 62.2 Å². The van der Waals surface area contributed by atoms with Crippen LogP contribution < -0.4 is 39.4 Å². The molecule has 188 valence electrons. The minimum Gasteiger partial charge on any atom is -0.545 e. The van der Waals surface area contributed by atoms with Crippen LogP contribution in [0.5, 0.6) is 5.88 Å². The van der Waals surface area contributed by atoms with Crippen molar-refractivity contribution in [2.45, 2.75) is 32.0 Å². The number of hydrogen-bond donors (Lipinski definition) is 0. The summed E-state index contributed by atoms with van der Waals surface area (Å²) in [5.74, 6) is -6.82. The number of carboxylic acids is 1. The Morgan fingerprint density at radius 2 is 1.59 bits per heavy atom. The van der Waals surface area contributed by atoms with Crippen molar-refractivity contribution in [2.24, 2.45) is 0 Å². The van der Waals surface area contributed by atoms with Crippen LogP contribution in [0.4, 0.5) is 30.7 Å². The first-order valence-electron chi connectivity index (χ1n) is 10.5. The average molecular weight is 533 g/mol. The number of rotatable bonds is 6. The van der Waals surface area contributed by atoms with Gasteiger partial charge in [-0.1, -0.05) is 6.07 Å². The number of aromatic carboxylic acids is 1. The summed E-state index contributed by atoms with van der Waals surface area (Å²) in [6.07, 6.45) is -3.24. The summed E-state index contributed by atoms with van der Waals surface area (Å²) in [7, 11) is 0. The number of pyridine rings is 1. The number of halogens is 7. The predicted molar refractivity (Wildman–Crippen MR) is 111 cm³/mol. The van der Waals surface area contributed by atoms with Gasteiger partial charge in [0.05, 0.1) is 17.1 Å². The molecule has 0 aliphatic heterocycles. The maximum absolute atomic E-state index is 14.0. The van der Waals surface area contributed by atoms with Crippen molar-refractivity contribution < 1.29 is 74.9 Å². The second-order valence-electron chi connectivity index (χ2n) is 8.00. The number of nitrogens with zero attached hydrogens (tertiary/aromatic N) is 1. The smallest absolute Gasteiger partial charge is 0.545 e. The van der Waals surface area contributed by atoms with E-state index in [1.54, 1.807) is 0 Å². The van der Waals surface area contributed by atoms with E-state index < -0.39 is 58.7 Å². The van der Waals surface area contributed by atoms with Gasteiger partial charge in [-0.25, -0.2) is 22.5 Å². The molecule has 37 heavy (non-hydrogen) atoms. The van der Waals surface area contributed by atoms with Gasteiger partial charge in [0.1, 0.15) is 29.9 Å². The summed E-state index contributed by atoms with van der Waals surface area (Å²) in [5, 5.41) is 11.2.